The summed E-state index contributed by atoms with van der Waals surface area (Å²) in [5.41, 5.74) is 0.607. The fraction of sp³-hybridized carbons (Fsp3) is 0.429. The molecule has 0 radical (unpaired) electrons. The predicted molar refractivity (Wildman–Crippen MR) is 144 cm³/mol. The molecule has 0 unspecified atom stereocenters. The van der Waals surface area contributed by atoms with Crippen molar-refractivity contribution in [2.24, 2.45) is 0 Å². The summed E-state index contributed by atoms with van der Waals surface area (Å²) in [6.07, 6.45) is -0.699. The number of amides is 1. The number of carbonyl (C=O) groups excluding carboxylic acids is 2. The highest BCUT2D eigenvalue weighted by Gasteiger charge is 2.29. The van der Waals surface area contributed by atoms with Crippen molar-refractivity contribution >= 4 is 40.5 Å². The Morgan fingerprint density at radius 1 is 0.778 bits per heavy atom. The van der Waals surface area contributed by atoms with Crippen molar-refractivity contribution in [1.82, 2.24) is 9.47 Å². The fourth-order valence-corrected chi connectivity index (χ4v) is 5.08. The third-order valence-corrected chi connectivity index (χ3v) is 6.60. The lowest BCUT2D eigenvalue weighted by molar-refractivity contribution is 0.0240. The summed E-state index contributed by atoms with van der Waals surface area (Å²) in [7, 11) is 0. The smallest absolute Gasteiger partial charge is 0.419 e. The Bertz CT molecular complexity index is 1230. The Morgan fingerprint density at radius 3 is 2.00 bits per heavy atom. The molecule has 7 nitrogen and oxygen atoms in total. The number of carbonyl (C=O) groups is 2. The summed E-state index contributed by atoms with van der Waals surface area (Å²) in [5, 5.41) is 1.76. The van der Waals surface area contributed by atoms with Crippen LogP contribution in [0.3, 0.4) is 0 Å². The molecule has 0 bridgehead atoms. The van der Waals surface area contributed by atoms with Gasteiger partial charge in [0.25, 0.3) is 0 Å². The highest BCUT2D eigenvalue weighted by molar-refractivity contribution is 7.99. The molecule has 2 heterocycles. The number of benzene rings is 2. The molecule has 3 aromatic rings. The molecule has 0 N–H and O–H groups in total. The van der Waals surface area contributed by atoms with Crippen molar-refractivity contribution in [2.75, 3.05) is 31.1 Å². The Morgan fingerprint density at radius 2 is 1.39 bits per heavy atom. The van der Waals surface area contributed by atoms with Crippen molar-refractivity contribution < 1.29 is 19.1 Å². The third-order valence-electron chi connectivity index (χ3n) is 5.58. The highest BCUT2D eigenvalue weighted by Crippen LogP contribution is 2.37. The Hall–Kier alpha value is -3.13. The molecule has 192 valence electrons. The Kier molecular flexibility index (Phi) is 7.27. The number of rotatable bonds is 3. The number of nitrogens with zero attached hydrogens (tertiary/aromatic N) is 3. The van der Waals surface area contributed by atoms with Crippen LogP contribution >= 0.6 is 11.8 Å². The van der Waals surface area contributed by atoms with E-state index in [1.54, 1.807) is 9.47 Å². The quantitative estimate of drug-likeness (QED) is 0.395. The number of anilines is 1. The van der Waals surface area contributed by atoms with Crippen LogP contribution in [0.1, 0.15) is 41.5 Å². The van der Waals surface area contributed by atoms with Crippen LogP contribution < -0.4 is 4.90 Å². The summed E-state index contributed by atoms with van der Waals surface area (Å²) in [6, 6.07) is 18.1. The first-order valence-corrected chi connectivity index (χ1v) is 13.1. The molecule has 0 spiro atoms. The lowest BCUT2D eigenvalue weighted by Crippen LogP contribution is -2.50. The molecule has 1 fully saturated rings. The molecule has 8 heteroatoms. The van der Waals surface area contributed by atoms with Gasteiger partial charge in [0.05, 0.1) is 16.2 Å². The van der Waals surface area contributed by atoms with Crippen LogP contribution in [0.15, 0.2) is 64.5 Å². The summed E-state index contributed by atoms with van der Waals surface area (Å²) >= 11 is 1.53. The largest absolute Gasteiger partial charge is 0.444 e. The second-order valence-electron chi connectivity index (χ2n) is 10.9. The second kappa shape index (κ2) is 10.1. The van der Waals surface area contributed by atoms with Crippen LogP contribution in [0.5, 0.6) is 0 Å². The molecular formula is C28H35N3O4S. The molecule has 2 aromatic carbocycles. The number of piperazine rings is 1. The average Bonchev–Trinajstić information content (AvgIpc) is 3.15. The molecule has 36 heavy (non-hydrogen) atoms. The maximum atomic E-state index is 13.5. The molecule has 1 amide bonds. The van der Waals surface area contributed by atoms with Gasteiger partial charge in [0.2, 0.25) is 0 Å². The van der Waals surface area contributed by atoms with E-state index in [4.69, 9.17) is 9.47 Å². The van der Waals surface area contributed by atoms with Gasteiger partial charge >= 0.3 is 12.2 Å². The Labute approximate surface area is 217 Å². The minimum atomic E-state index is -0.629. The summed E-state index contributed by atoms with van der Waals surface area (Å²) in [4.78, 5) is 31.0. The second-order valence-corrected chi connectivity index (χ2v) is 12.0. The maximum absolute atomic E-state index is 13.5. The van der Waals surface area contributed by atoms with E-state index in [0.29, 0.717) is 26.2 Å². The van der Waals surface area contributed by atoms with E-state index in [9.17, 15) is 9.59 Å². The fourth-order valence-electron chi connectivity index (χ4n) is 4.10. The average molecular weight is 510 g/mol. The number of para-hydroxylation sites is 1. The molecule has 4 rings (SSSR count). The minimum Gasteiger partial charge on any atom is -0.444 e. The van der Waals surface area contributed by atoms with Crippen LogP contribution in [-0.4, -0.2) is 59.0 Å². The van der Waals surface area contributed by atoms with Crippen LogP contribution in [0.25, 0.3) is 10.9 Å². The number of hydrogen-bond donors (Lipinski definition) is 0. The normalized spacial score (nSPS) is 14.7. The van der Waals surface area contributed by atoms with E-state index >= 15 is 0 Å². The molecule has 1 saturated heterocycles. The van der Waals surface area contributed by atoms with Crippen molar-refractivity contribution in [3.05, 3.63) is 54.6 Å². The molecule has 1 aromatic heterocycles. The van der Waals surface area contributed by atoms with Gasteiger partial charge in [-0.3, -0.25) is 0 Å². The molecule has 1 aliphatic heterocycles. The van der Waals surface area contributed by atoms with Gasteiger partial charge in [0, 0.05) is 36.5 Å². The lowest BCUT2D eigenvalue weighted by Gasteiger charge is -2.37. The summed E-state index contributed by atoms with van der Waals surface area (Å²) in [5.74, 6) is 0. The predicted octanol–water partition coefficient (Wildman–Crippen LogP) is 6.63. The van der Waals surface area contributed by atoms with Gasteiger partial charge in [-0.15, -0.1) is 0 Å². The summed E-state index contributed by atoms with van der Waals surface area (Å²) in [6.45, 7) is 13.6. The summed E-state index contributed by atoms with van der Waals surface area (Å²) < 4.78 is 13.1. The first-order chi connectivity index (χ1) is 16.9. The monoisotopic (exact) mass is 509 g/mol. The molecule has 0 saturated carbocycles. The number of hydrogen-bond acceptors (Lipinski definition) is 6. The van der Waals surface area contributed by atoms with Crippen molar-refractivity contribution in [3.8, 4) is 0 Å². The molecule has 1 aliphatic rings. The maximum Gasteiger partial charge on any atom is 0.419 e. The van der Waals surface area contributed by atoms with Crippen LogP contribution in [0.4, 0.5) is 15.3 Å². The molecule has 0 atom stereocenters. The zero-order valence-electron chi connectivity index (χ0n) is 21.9. The number of fused-ring (bicyclic) bond motifs is 1. The van der Waals surface area contributed by atoms with E-state index in [2.05, 4.69) is 4.90 Å². The Balaban J connectivity index is 1.68. The van der Waals surface area contributed by atoms with Gasteiger partial charge in [-0.2, -0.15) is 0 Å². The SMILES string of the molecule is CC(C)(C)OC(=O)N1CCN(c2cccc3cc(Sc4ccccc4)n(C(=O)OC(C)(C)C)c23)CC1. The first-order valence-electron chi connectivity index (χ1n) is 12.2. The highest BCUT2D eigenvalue weighted by atomic mass is 32.2. The molecule has 0 aliphatic carbocycles. The van der Waals surface area contributed by atoms with Crippen molar-refractivity contribution in [3.63, 3.8) is 0 Å². The first kappa shape index (κ1) is 25.9. The van der Waals surface area contributed by atoms with E-state index in [1.165, 1.54) is 11.8 Å². The number of ether oxygens (including phenoxy) is 2. The van der Waals surface area contributed by atoms with Gasteiger partial charge in [-0.05, 0) is 65.8 Å². The van der Waals surface area contributed by atoms with Gasteiger partial charge in [-0.25, -0.2) is 14.2 Å². The third kappa shape index (κ3) is 6.16. The van der Waals surface area contributed by atoms with Crippen LogP contribution in [0.2, 0.25) is 0 Å². The zero-order valence-corrected chi connectivity index (χ0v) is 22.7. The van der Waals surface area contributed by atoms with Gasteiger partial charge in [0.1, 0.15) is 11.2 Å². The van der Waals surface area contributed by atoms with Crippen LogP contribution in [-0.2, 0) is 9.47 Å². The van der Waals surface area contributed by atoms with E-state index in [-0.39, 0.29) is 6.09 Å². The van der Waals surface area contributed by atoms with E-state index < -0.39 is 17.3 Å². The standard InChI is InChI=1S/C28H35N3O4S/c1-27(2,3)34-25(32)30-17-15-29(16-18-30)22-14-10-11-20-19-23(36-21-12-8-7-9-13-21)31(24(20)22)26(33)35-28(4,5)6/h7-14,19H,15-18H2,1-6H3. The zero-order chi connectivity index (χ0) is 26.1. The van der Waals surface area contributed by atoms with Crippen molar-refractivity contribution in [2.45, 2.75) is 62.7 Å². The molecular weight excluding hydrogens is 474 g/mol. The van der Waals surface area contributed by atoms with Gasteiger partial charge in [0.15, 0.2) is 0 Å². The van der Waals surface area contributed by atoms with E-state index in [1.807, 2.05) is 96.1 Å². The van der Waals surface area contributed by atoms with Gasteiger partial charge < -0.3 is 19.3 Å². The van der Waals surface area contributed by atoms with Crippen molar-refractivity contribution in [1.29, 1.82) is 0 Å². The number of aromatic nitrogens is 1. The van der Waals surface area contributed by atoms with Crippen LogP contribution in [0, 0.1) is 0 Å². The topological polar surface area (TPSA) is 64.0 Å². The lowest BCUT2D eigenvalue weighted by atomic mass is 10.2. The minimum absolute atomic E-state index is 0.293. The van der Waals surface area contributed by atoms with E-state index in [0.717, 1.165) is 26.5 Å². The van der Waals surface area contributed by atoms with Gasteiger partial charge in [-0.1, -0.05) is 42.1 Å².